The van der Waals surface area contributed by atoms with Gasteiger partial charge in [0.25, 0.3) is 0 Å². The summed E-state index contributed by atoms with van der Waals surface area (Å²) in [7, 11) is 0. The third-order valence-corrected chi connectivity index (χ3v) is 2.14. The monoisotopic (exact) mass is 213 g/mol. The van der Waals surface area contributed by atoms with Crippen LogP contribution in [0.5, 0.6) is 0 Å². The van der Waals surface area contributed by atoms with E-state index in [-0.39, 0.29) is 6.61 Å². The number of alkyl halides is 3. The Hall–Kier alpha value is -0.330. The Labute approximate surface area is 80.4 Å². The lowest BCUT2D eigenvalue weighted by atomic mass is 9.97. The van der Waals surface area contributed by atoms with Crippen molar-refractivity contribution in [2.75, 3.05) is 26.4 Å². The van der Waals surface area contributed by atoms with Gasteiger partial charge in [-0.05, 0) is 12.8 Å². The van der Waals surface area contributed by atoms with Gasteiger partial charge in [-0.2, -0.15) is 13.2 Å². The molecule has 1 aliphatic rings. The van der Waals surface area contributed by atoms with Crippen LogP contribution in [-0.4, -0.2) is 38.1 Å². The number of ether oxygens (including phenoxy) is 2. The van der Waals surface area contributed by atoms with Gasteiger partial charge in [-0.15, -0.1) is 0 Å². The lowest BCUT2D eigenvalue weighted by Gasteiger charge is -2.21. The Balaban J connectivity index is 2.09. The minimum Gasteiger partial charge on any atom is -0.379 e. The van der Waals surface area contributed by atoms with E-state index in [9.17, 15) is 13.2 Å². The molecule has 1 atom stereocenters. The molecule has 1 heterocycles. The summed E-state index contributed by atoms with van der Waals surface area (Å²) < 4.78 is 44.5. The lowest BCUT2D eigenvalue weighted by molar-refractivity contribution is -0.174. The van der Waals surface area contributed by atoms with E-state index in [1.54, 1.807) is 0 Å². The molecule has 0 aromatic rings. The maximum atomic E-state index is 11.7. The van der Waals surface area contributed by atoms with Gasteiger partial charge in [-0.1, -0.05) is 0 Å². The molecule has 84 valence electrons. The zero-order valence-corrected chi connectivity index (χ0v) is 7.77. The Kier molecular flexibility index (Phi) is 3.74. The summed E-state index contributed by atoms with van der Waals surface area (Å²) in [5.74, 6) is 0. The Morgan fingerprint density at radius 3 is 2.64 bits per heavy atom. The fraction of sp³-hybridized carbons (Fsp3) is 1.00. The number of nitrogens with two attached hydrogens (primary N) is 1. The van der Waals surface area contributed by atoms with Crippen LogP contribution in [0.2, 0.25) is 0 Å². The SMILES string of the molecule is NC1(CCOCC(F)(F)F)CCOC1. The first-order valence-corrected chi connectivity index (χ1v) is 4.42. The van der Waals surface area contributed by atoms with E-state index in [1.807, 2.05) is 0 Å². The highest BCUT2D eigenvalue weighted by molar-refractivity contribution is 4.87. The van der Waals surface area contributed by atoms with Gasteiger partial charge in [0.05, 0.1) is 6.61 Å². The van der Waals surface area contributed by atoms with Crippen molar-refractivity contribution in [3.05, 3.63) is 0 Å². The molecule has 2 N–H and O–H groups in total. The van der Waals surface area contributed by atoms with Gasteiger partial charge in [0.15, 0.2) is 0 Å². The molecule has 1 fully saturated rings. The molecule has 6 heteroatoms. The summed E-state index contributed by atoms with van der Waals surface area (Å²) in [5, 5.41) is 0. The second-order valence-corrected chi connectivity index (χ2v) is 3.58. The van der Waals surface area contributed by atoms with Crippen molar-refractivity contribution in [1.29, 1.82) is 0 Å². The van der Waals surface area contributed by atoms with Crippen molar-refractivity contribution in [2.24, 2.45) is 5.73 Å². The van der Waals surface area contributed by atoms with Crippen molar-refractivity contribution in [3.8, 4) is 0 Å². The largest absolute Gasteiger partial charge is 0.411 e. The van der Waals surface area contributed by atoms with Gasteiger partial charge in [0.1, 0.15) is 6.61 Å². The minimum absolute atomic E-state index is 0.0272. The van der Waals surface area contributed by atoms with Crippen LogP contribution in [-0.2, 0) is 9.47 Å². The first kappa shape index (κ1) is 11.7. The highest BCUT2D eigenvalue weighted by Gasteiger charge is 2.31. The molecular formula is C8H14F3NO2. The van der Waals surface area contributed by atoms with Crippen molar-refractivity contribution in [1.82, 2.24) is 0 Å². The average molecular weight is 213 g/mol. The fourth-order valence-electron chi connectivity index (χ4n) is 1.28. The van der Waals surface area contributed by atoms with Crippen molar-refractivity contribution >= 4 is 0 Å². The second kappa shape index (κ2) is 4.46. The zero-order chi connectivity index (χ0) is 10.7. The Morgan fingerprint density at radius 2 is 2.14 bits per heavy atom. The van der Waals surface area contributed by atoms with Gasteiger partial charge in [0.2, 0.25) is 0 Å². The van der Waals surface area contributed by atoms with Crippen LogP contribution in [0.25, 0.3) is 0 Å². The molecule has 0 saturated carbocycles. The normalized spacial score (nSPS) is 28.3. The highest BCUT2D eigenvalue weighted by Crippen LogP contribution is 2.20. The summed E-state index contributed by atoms with van der Waals surface area (Å²) >= 11 is 0. The Bertz CT molecular complexity index is 178. The van der Waals surface area contributed by atoms with Crippen LogP contribution >= 0.6 is 0 Å². The van der Waals surface area contributed by atoms with Gasteiger partial charge in [0, 0.05) is 18.8 Å². The van der Waals surface area contributed by atoms with E-state index in [4.69, 9.17) is 10.5 Å². The molecule has 0 aromatic carbocycles. The molecule has 0 aromatic heterocycles. The second-order valence-electron chi connectivity index (χ2n) is 3.58. The van der Waals surface area contributed by atoms with E-state index in [0.29, 0.717) is 26.1 Å². The van der Waals surface area contributed by atoms with E-state index < -0.39 is 18.3 Å². The lowest BCUT2D eigenvalue weighted by Crippen LogP contribution is -2.41. The summed E-state index contributed by atoms with van der Waals surface area (Å²) in [6.07, 6.45) is -3.17. The van der Waals surface area contributed by atoms with Crippen LogP contribution in [0.4, 0.5) is 13.2 Å². The number of halogens is 3. The Morgan fingerprint density at radius 1 is 1.43 bits per heavy atom. The predicted molar refractivity (Wildman–Crippen MR) is 43.8 cm³/mol. The molecule has 0 amide bonds. The van der Waals surface area contributed by atoms with E-state index in [2.05, 4.69) is 4.74 Å². The van der Waals surface area contributed by atoms with Crippen molar-refractivity contribution in [2.45, 2.75) is 24.6 Å². The van der Waals surface area contributed by atoms with Crippen LogP contribution in [0, 0.1) is 0 Å². The van der Waals surface area contributed by atoms with Crippen LogP contribution in [0.15, 0.2) is 0 Å². The first-order chi connectivity index (χ1) is 6.41. The maximum absolute atomic E-state index is 11.7. The number of hydrogen-bond donors (Lipinski definition) is 1. The summed E-state index contributed by atoms with van der Waals surface area (Å²) in [6.45, 7) is -0.193. The highest BCUT2D eigenvalue weighted by atomic mass is 19.4. The topological polar surface area (TPSA) is 44.5 Å². The fourth-order valence-corrected chi connectivity index (χ4v) is 1.28. The zero-order valence-electron chi connectivity index (χ0n) is 7.77. The molecule has 3 nitrogen and oxygen atoms in total. The van der Waals surface area contributed by atoms with Gasteiger partial charge < -0.3 is 15.2 Å². The van der Waals surface area contributed by atoms with Crippen molar-refractivity contribution in [3.63, 3.8) is 0 Å². The van der Waals surface area contributed by atoms with E-state index in [0.717, 1.165) is 0 Å². The smallest absolute Gasteiger partial charge is 0.379 e. The van der Waals surface area contributed by atoms with Gasteiger partial charge in [-0.3, -0.25) is 0 Å². The molecule has 0 aliphatic carbocycles. The van der Waals surface area contributed by atoms with Crippen molar-refractivity contribution < 1.29 is 22.6 Å². The molecule has 1 unspecified atom stereocenters. The van der Waals surface area contributed by atoms with Gasteiger partial charge >= 0.3 is 6.18 Å². The molecular weight excluding hydrogens is 199 g/mol. The first-order valence-electron chi connectivity index (χ1n) is 4.42. The molecule has 0 radical (unpaired) electrons. The predicted octanol–water partition coefficient (Wildman–Crippen LogP) is 1.07. The van der Waals surface area contributed by atoms with E-state index in [1.165, 1.54) is 0 Å². The third-order valence-electron chi connectivity index (χ3n) is 2.14. The molecule has 1 saturated heterocycles. The minimum atomic E-state index is -4.26. The number of hydrogen-bond acceptors (Lipinski definition) is 3. The summed E-state index contributed by atoms with van der Waals surface area (Å²) in [6, 6.07) is 0. The van der Waals surface area contributed by atoms with Crippen LogP contribution < -0.4 is 5.73 Å². The molecule has 1 rings (SSSR count). The van der Waals surface area contributed by atoms with Gasteiger partial charge in [-0.25, -0.2) is 0 Å². The standard InChI is InChI=1S/C8H14F3NO2/c9-8(10,11)6-14-4-2-7(12)1-3-13-5-7/h1-6,12H2. The average Bonchev–Trinajstić information content (AvgIpc) is 2.45. The summed E-state index contributed by atoms with van der Waals surface area (Å²) in [5.41, 5.74) is 5.33. The molecule has 14 heavy (non-hydrogen) atoms. The molecule has 1 aliphatic heterocycles. The third kappa shape index (κ3) is 4.26. The maximum Gasteiger partial charge on any atom is 0.411 e. The number of rotatable bonds is 4. The van der Waals surface area contributed by atoms with Crippen LogP contribution in [0.3, 0.4) is 0 Å². The van der Waals surface area contributed by atoms with E-state index >= 15 is 0 Å². The summed E-state index contributed by atoms with van der Waals surface area (Å²) in [4.78, 5) is 0. The molecule has 0 bridgehead atoms. The van der Waals surface area contributed by atoms with Crippen LogP contribution in [0.1, 0.15) is 12.8 Å². The quantitative estimate of drug-likeness (QED) is 0.710. The molecule has 0 spiro atoms.